The Balaban J connectivity index is 1.55. The maximum Gasteiger partial charge on any atom is 0.227 e. The highest BCUT2D eigenvalue weighted by Crippen LogP contribution is 2.28. The van der Waals surface area contributed by atoms with Crippen LogP contribution in [0.15, 0.2) is 24.5 Å². The molecule has 0 radical (unpaired) electrons. The van der Waals surface area contributed by atoms with Crippen LogP contribution >= 0.6 is 0 Å². The van der Waals surface area contributed by atoms with Gasteiger partial charge in [0.2, 0.25) is 11.9 Å². The molecule has 2 saturated heterocycles. The van der Waals surface area contributed by atoms with Crippen molar-refractivity contribution in [2.24, 2.45) is 0 Å². The number of anilines is 1. The Labute approximate surface area is 178 Å². The molecule has 8 heteroatoms. The van der Waals surface area contributed by atoms with Gasteiger partial charge >= 0.3 is 0 Å². The van der Waals surface area contributed by atoms with Gasteiger partial charge in [-0.15, -0.1) is 10.2 Å². The number of aromatic nitrogens is 4. The second-order valence-corrected chi connectivity index (χ2v) is 8.24. The van der Waals surface area contributed by atoms with Crippen LogP contribution in [0.4, 0.5) is 5.95 Å². The summed E-state index contributed by atoms with van der Waals surface area (Å²) in [5, 5.41) is 12.4. The molecular weight excluding hydrogens is 380 g/mol. The van der Waals surface area contributed by atoms with Crippen LogP contribution in [0.2, 0.25) is 0 Å². The third-order valence-electron chi connectivity index (χ3n) is 6.05. The minimum Gasteiger partial charge on any atom is -0.381 e. The number of aryl methyl sites for hydroxylation is 1. The van der Waals surface area contributed by atoms with Gasteiger partial charge in [0.15, 0.2) is 0 Å². The fourth-order valence-corrected chi connectivity index (χ4v) is 4.40. The number of piperidine rings is 1. The maximum atomic E-state index is 11.9. The average Bonchev–Trinajstić information content (AvgIpc) is 3.23. The summed E-state index contributed by atoms with van der Waals surface area (Å²) >= 11 is 0. The van der Waals surface area contributed by atoms with Gasteiger partial charge in [-0.05, 0) is 49.8 Å². The lowest BCUT2D eigenvalue weighted by molar-refractivity contribution is -0.121. The largest absolute Gasteiger partial charge is 0.381 e. The first kappa shape index (κ1) is 20.8. The number of hydrogen-bond acceptors (Lipinski definition) is 6. The molecule has 2 aliphatic heterocycles. The van der Waals surface area contributed by atoms with Crippen molar-refractivity contribution in [2.75, 3.05) is 31.2 Å². The van der Waals surface area contributed by atoms with Crippen molar-refractivity contribution >= 4 is 11.9 Å². The van der Waals surface area contributed by atoms with E-state index in [1.54, 1.807) is 0 Å². The quantitative estimate of drug-likeness (QED) is 0.751. The second kappa shape index (κ2) is 10.0. The van der Waals surface area contributed by atoms with E-state index in [-0.39, 0.29) is 17.9 Å². The van der Waals surface area contributed by atoms with Gasteiger partial charge in [-0.3, -0.25) is 14.3 Å². The summed E-state index contributed by atoms with van der Waals surface area (Å²) < 4.78 is 8.01. The van der Waals surface area contributed by atoms with Crippen LogP contribution in [0.5, 0.6) is 0 Å². The summed E-state index contributed by atoms with van der Waals surface area (Å²) in [4.78, 5) is 18.3. The molecule has 0 bridgehead atoms. The Morgan fingerprint density at radius 2 is 2.10 bits per heavy atom. The summed E-state index contributed by atoms with van der Waals surface area (Å²) in [6, 6.07) is 4.29. The molecule has 162 valence electrons. The monoisotopic (exact) mass is 412 g/mol. The molecule has 2 aromatic rings. The predicted molar refractivity (Wildman–Crippen MR) is 114 cm³/mol. The number of carbonyl (C=O) groups excluding carboxylic acids is 1. The fraction of sp³-hybridized carbons (Fsp3) is 0.636. The number of ether oxygens (including phenoxy) is 1. The van der Waals surface area contributed by atoms with E-state index in [0.717, 1.165) is 70.1 Å². The smallest absolute Gasteiger partial charge is 0.227 e. The molecule has 2 fully saturated rings. The number of nitrogens with zero attached hydrogens (tertiary/aromatic N) is 5. The highest BCUT2D eigenvalue weighted by atomic mass is 16.5. The van der Waals surface area contributed by atoms with Crippen LogP contribution in [-0.2, 0) is 22.5 Å². The second-order valence-electron chi connectivity index (χ2n) is 8.24. The van der Waals surface area contributed by atoms with Crippen LogP contribution in [0.1, 0.15) is 56.3 Å². The van der Waals surface area contributed by atoms with Gasteiger partial charge in [0, 0.05) is 57.0 Å². The van der Waals surface area contributed by atoms with Crippen molar-refractivity contribution in [3.8, 4) is 0 Å². The lowest BCUT2D eigenvalue weighted by Crippen LogP contribution is -2.48. The Morgan fingerprint density at radius 1 is 1.23 bits per heavy atom. The Hall–Kier alpha value is -2.48. The lowest BCUT2D eigenvalue weighted by atomic mass is 10.0. The molecule has 0 saturated carbocycles. The van der Waals surface area contributed by atoms with Gasteiger partial charge in [0.05, 0.1) is 6.61 Å². The minimum absolute atomic E-state index is 0.112. The number of amides is 1. The number of hydrogen-bond donors (Lipinski definition) is 1. The zero-order chi connectivity index (χ0) is 20.8. The molecule has 0 aromatic carbocycles. The molecule has 2 unspecified atom stereocenters. The Kier molecular flexibility index (Phi) is 6.94. The molecule has 30 heavy (non-hydrogen) atoms. The van der Waals surface area contributed by atoms with Crippen molar-refractivity contribution in [2.45, 2.75) is 64.0 Å². The van der Waals surface area contributed by atoms with Crippen LogP contribution in [-0.4, -0.2) is 58.0 Å². The third kappa shape index (κ3) is 4.98. The number of rotatable bonds is 7. The molecule has 1 N–H and O–H groups in total. The number of nitrogens with one attached hydrogen (secondary N) is 1. The van der Waals surface area contributed by atoms with Crippen LogP contribution in [0.25, 0.3) is 0 Å². The normalized spacial score (nSPS) is 22.1. The van der Waals surface area contributed by atoms with E-state index in [0.29, 0.717) is 13.0 Å². The zero-order valence-electron chi connectivity index (χ0n) is 17.8. The van der Waals surface area contributed by atoms with Crippen LogP contribution in [0, 0.1) is 0 Å². The molecule has 2 aromatic heterocycles. The van der Waals surface area contributed by atoms with Crippen molar-refractivity contribution in [1.82, 2.24) is 25.1 Å². The summed E-state index contributed by atoms with van der Waals surface area (Å²) in [5.74, 6) is 2.34. The molecule has 4 heterocycles. The van der Waals surface area contributed by atoms with Gasteiger partial charge in [-0.2, -0.15) is 0 Å². The first-order chi connectivity index (χ1) is 14.7. The first-order valence-electron chi connectivity index (χ1n) is 11.2. The lowest BCUT2D eigenvalue weighted by Gasteiger charge is -2.34. The van der Waals surface area contributed by atoms with Crippen LogP contribution in [0.3, 0.4) is 0 Å². The maximum absolute atomic E-state index is 11.9. The van der Waals surface area contributed by atoms with E-state index in [4.69, 9.17) is 4.74 Å². The van der Waals surface area contributed by atoms with E-state index in [9.17, 15) is 4.79 Å². The topological polar surface area (TPSA) is 85.2 Å². The summed E-state index contributed by atoms with van der Waals surface area (Å²) in [5.41, 5.74) is 1.25. The minimum atomic E-state index is 0.112. The Bertz CT molecular complexity index is 818. The van der Waals surface area contributed by atoms with Crippen molar-refractivity contribution in [1.29, 1.82) is 0 Å². The molecule has 0 spiro atoms. The van der Waals surface area contributed by atoms with Gasteiger partial charge in [-0.25, -0.2) is 0 Å². The van der Waals surface area contributed by atoms with E-state index in [1.165, 1.54) is 5.56 Å². The van der Waals surface area contributed by atoms with Crippen LogP contribution < -0.4 is 10.2 Å². The van der Waals surface area contributed by atoms with Gasteiger partial charge in [0.25, 0.3) is 0 Å². The summed E-state index contributed by atoms with van der Waals surface area (Å²) in [6.07, 6.45) is 9.29. The zero-order valence-corrected chi connectivity index (χ0v) is 17.8. The van der Waals surface area contributed by atoms with Gasteiger partial charge in [-0.1, -0.05) is 6.92 Å². The highest BCUT2D eigenvalue weighted by molar-refractivity contribution is 5.75. The molecule has 4 rings (SSSR count). The molecule has 2 atom stereocenters. The standard InChI is InChI=1S/C22H32N6O2/c1-2-20(29)24-19-6-3-12-27(15-19)22-26-25-21(18-5-4-14-30-16-18)28(22)13-9-17-7-10-23-11-8-17/h7-8,10-11,18-19H,2-6,9,12-16H2,1H3,(H,24,29). The third-order valence-corrected chi connectivity index (χ3v) is 6.05. The van der Waals surface area contributed by atoms with E-state index < -0.39 is 0 Å². The molecule has 2 aliphatic rings. The summed E-state index contributed by atoms with van der Waals surface area (Å²) in [7, 11) is 0. The summed E-state index contributed by atoms with van der Waals surface area (Å²) in [6.45, 7) is 5.97. The van der Waals surface area contributed by atoms with Gasteiger partial charge < -0.3 is 15.0 Å². The molecule has 1 amide bonds. The van der Waals surface area contributed by atoms with Gasteiger partial charge in [0.1, 0.15) is 5.82 Å². The number of carbonyl (C=O) groups is 1. The fourth-order valence-electron chi connectivity index (χ4n) is 4.40. The molecule has 8 nitrogen and oxygen atoms in total. The predicted octanol–water partition coefficient (Wildman–Crippen LogP) is 2.30. The average molecular weight is 413 g/mol. The number of pyridine rings is 1. The highest BCUT2D eigenvalue weighted by Gasteiger charge is 2.29. The van der Waals surface area contributed by atoms with E-state index in [2.05, 4.69) is 42.1 Å². The SMILES string of the molecule is CCC(=O)NC1CCCN(c2nnc(C3CCCOC3)n2CCc2ccncc2)C1. The van der Waals surface area contributed by atoms with E-state index in [1.807, 2.05) is 19.3 Å². The molecular formula is C22H32N6O2. The first-order valence-corrected chi connectivity index (χ1v) is 11.2. The van der Waals surface area contributed by atoms with Crippen molar-refractivity contribution in [3.63, 3.8) is 0 Å². The van der Waals surface area contributed by atoms with Crippen molar-refractivity contribution in [3.05, 3.63) is 35.9 Å². The van der Waals surface area contributed by atoms with E-state index >= 15 is 0 Å². The molecule has 0 aliphatic carbocycles. The Morgan fingerprint density at radius 3 is 2.87 bits per heavy atom. The van der Waals surface area contributed by atoms with Crippen molar-refractivity contribution < 1.29 is 9.53 Å².